The second kappa shape index (κ2) is 11.0. The van der Waals surface area contributed by atoms with Crippen molar-refractivity contribution in [1.29, 1.82) is 0 Å². The number of nitrogens with one attached hydrogen (secondary N) is 1. The van der Waals surface area contributed by atoms with E-state index in [1.807, 2.05) is 77.7 Å². The van der Waals surface area contributed by atoms with Crippen LogP contribution >= 0.6 is 0 Å². The molecule has 1 N–H and O–H groups in total. The van der Waals surface area contributed by atoms with Gasteiger partial charge in [0, 0.05) is 32.5 Å². The molecular formula is C25H28N2O2. The van der Waals surface area contributed by atoms with Crippen LogP contribution < -0.4 is 5.32 Å². The van der Waals surface area contributed by atoms with Crippen LogP contribution in [0.1, 0.15) is 18.4 Å². The molecule has 0 heterocycles. The number of urea groups is 1. The number of ether oxygens (including phenoxy) is 1. The van der Waals surface area contributed by atoms with Gasteiger partial charge in [-0.15, -0.1) is 0 Å². The summed E-state index contributed by atoms with van der Waals surface area (Å²) in [6.45, 7) is 1.98. The smallest absolute Gasteiger partial charge is 0.322 e. The second-order valence-corrected chi connectivity index (χ2v) is 6.98. The van der Waals surface area contributed by atoms with Crippen molar-refractivity contribution in [3.8, 4) is 11.1 Å². The van der Waals surface area contributed by atoms with Gasteiger partial charge in [0.25, 0.3) is 0 Å². The molecule has 0 aliphatic rings. The molecule has 0 radical (unpaired) electrons. The maximum absolute atomic E-state index is 12.9. The minimum atomic E-state index is -0.0845. The molecule has 0 unspecified atom stereocenters. The monoisotopic (exact) mass is 388 g/mol. The standard InChI is InChI=1S/C25H28N2O2/c1-29-19-9-8-18-27(20-21-10-4-2-5-11-21)25(28)26-24-16-14-23(15-17-24)22-12-6-3-7-13-22/h2-7,10-17H,8-9,18-20H2,1H3,(H,26,28). The summed E-state index contributed by atoms with van der Waals surface area (Å²) in [4.78, 5) is 14.8. The zero-order valence-corrected chi connectivity index (χ0v) is 16.9. The van der Waals surface area contributed by atoms with Gasteiger partial charge in [0.15, 0.2) is 0 Å². The number of rotatable bonds is 9. The maximum Gasteiger partial charge on any atom is 0.322 e. The van der Waals surface area contributed by atoms with E-state index in [2.05, 4.69) is 17.4 Å². The molecule has 4 nitrogen and oxygen atoms in total. The van der Waals surface area contributed by atoms with Crippen molar-refractivity contribution >= 4 is 11.7 Å². The summed E-state index contributed by atoms with van der Waals surface area (Å²) in [6.07, 6.45) is 1.84. The molecule has 0 aliphatic carbocycles. The zero-order chi connectivity index (χ0) is 20.3. The number of benzene rings is 3. The Morgan fingerprint density at radius 3 is 2.10 bits per heavy atom. The van der Waals surface area contributed by atoms with Crippen molar-refractivity contribution < 1.29 is 9.53 Å². The molecular weight excluding hydrogens is 360 g/mol. The molecule has 150 valence electrons. The summed E-state index contributed by atoms with van der Waals surface area (Å²) >= 11 is 0. The van der Waals surface area contributed by atoms with Crippen molar-refractivity contribution in [2.75, 3.05) is 25.6 Å². The van der Waals surface area contributed by atoms with E-state index < -0.39 is 0 Å². The minimum absolute atomic E-state index is 0.0845. The average molecular weight is 389 g/mol. The van der Waals surface area contributed by atoms with Crippen molar-refractivity contribution in [1.82, 2.24) is 4.90 Å². The Labute approximate surface area is 173 Å². The lowest BCUT2D eigenvalue weighted by Crippen LogP contribution is -2.35. The molecule has 0 aromatic heterocycles. The molecule has 3 aromatic carbocycles. The third kappa shape index (κ3) is 6.47. The van der Waals surface area contributed by atoms with E-state index in [0.29, 0.717) is 19.7 Å². The van der Waals surface area contributed by atoms with Crippen LogP contribution in [-0.2, 0) is 11.3 Å². The van der Waals surface area contributed by atoms with Gasteiger partial charge in [-0.3, -0.25) is 0 Å². The van der Waals surface area contributed by atoms with Crippen molar-refractivity contribution in [2.24, 2.45) is 0 Å². The van der Waals surface area contributed by atoms with Crippen LogP contribution in [0.25, 0.3) is 11.1 Å². The Bertz CT molecular complexity index is 864. The first-order valence-electron chi connectivity index (χ1n) is 10.0. The first-order chi connectivity index (χ1) is 14.3. The highest BCUT2D eigenvalue weighted by molar-refractivity contribution is 5.89. The Kier molecular flexibility index (Phi) is 7.84. The van der Waals surface area contributed by atoms with Gasteiger partial charge in [-0.05, 0) is 41.7 Å². The van der Waals surface area contributed by atoms with Gasteiger partial charge in [-0.2, -0.15) is 0 Å². The molecule has 0 saturated carbocycles. The van der Waals surface area contributed by atoms with E-state index in [0.717, 1.165) is 35.2 Å². The van der Waals surface area contributed by atoms with Crippen molar-refractivity contribution in [2.45, 2.75) is 19.4 Å². The summed E-state index contributed by atoms with van der Waals surface area (Å²) in [5.74, 6) is 0. The number of anilines is 1. The summed E-state index contributed by atoms with van der Waals surface area (Å²) in [5.41, 5.74) is 4.21. The number of amides is 2. The molecule has 0 spiro atoms. The largest absolute Gasteiger partial charge is 0.385 e. The van der Waals surface area contributed by atoms with Crippen molar-refractivity contribution in [3.05, 3.63) is 90.5 Å². The fraction of sp³-hybridized carbons (Fsp3) is 0.240. The fourth-order valence-corrected chi connectivity index (χ4v) is 3.18. The van der Waals surface area contributed by atoms with Gasteiger partial charge in [-0.25, -0.2) is 4.79 Å². The molecule has 29 heavy (non-hydrogen) atoms. The summed E-state index contributed by atoms with van der Waals surface area (Å²) in [7, 11) is 1.70. The summed E-state index contributed by atoms with van der Waals surface area (Å²) in [6, 6.07) is 28.2. The number of hydrogen-bond donors (Lipinski definition) is 1. The normalized spacial score (nSPS) is 10.5. The van der Waals surface area contributed by atoms with Crippen LogP contribution in [0.4, 0.5) is 10.5 Å². The van der Waals surface area contributed by atoms with E-state index >= 15 is 0 Å². The first kappa shape index (κ1) is 20.6. The first-order valence-corrected chi connectivity index (χ1v) is 10.0. The highest BCUT2D eigenvalue weighted by Crippen LogP contribution is 2.21. The van der Waals surface area contributed by atoms with Crippen LogP contribution in [0.15, 0.2) is 84.9 Å². The van der Waals surface area contributed by atoms with Crippen LogP contribution in [0.3, 0.4) is 0 Å². The number of hydrogen-bond acceptors (Lipinski definition) is 2. The molecule has 2 amide bonds. The average Bonchev–Trinajstić information content (AvgIpc) is 2.77. The van der Waals surface area contributed by atoms with Gasteiger partial charge in [0.1, 0.15) is 0 Å². The molecule has 0 atom stereocenters. The summed E-state index contributed by atoms with van der Waals surface area (Å²) in [5, 5.41) is 3.04. The Balaban J connectivity index is 1.64. The van der Waals surface area contributed by atoms with Gasteiger partial charge in [0.2, 0.25) is 0 Å². The molecule has 3 aromatic rings. The molecule has 3 rings (SSSR count). The Morgan fingerprint density at radius 1 is 0.828 bits per heavy atom. The van der Waals surface area contributed by atoms with E-state index in [9.17, 15) is 4.79 Å². The molecule has 0 fully saturated rings. The predicted molar refractivity (Wildman–Crippen MR) is 119 cm³/mol. The molecule has 0 saturated heterocycles. The molecule has 0 bridgehead atoms. The lowest BCUT2D eigenvalue weighted by Gasteiger charge is -2.23. The Hall–Kier alpha value is -3.11. The Morgan fingerprint density at radius 2 is 1.45 bits per heavy atom. The van der Waals surface area contributed by atoms with Gasteiger partial charge in [-0.1, -0.05) is 72.8 Å². The van der Waals surface area contributed by atoms with Crippen LogP contribution in [0.2, 0.25) is 0 Å². The quantitative estimate of drug-likeness (QED) is 0.470. The van der Waals surface area contributed by atoms with Gasteiger partial charge < -0.3 is 15.0 Å². The number of nitrogens with zero attached hydrogens (tertiary/aromatic N) is 1. The summed E-state index contributed by atoms with van der Waals surface area (Å²) < 4.78 is 5.13. The highest BCUT2D eigenvalue weighted by Gasteiger charge is 2.14. The highest BCUT2D eigenvalue weighted by atomic mass is 16.5. The lowest BCUT2D eigenvalue weighted by molar-refractivity contribution is 0.182. The molecule has 0 aliphatic heterocycles. The number of carbonyl (C=O) groups excluding carboxylic acids is 1. The predicted octanol–water partition coefficient (Wildman–Crippen LogP) is 5.81. The SMILES string of the molecule is COCCCCN(Cc1ccccc1)C(=O)Nc1ccc(-c2ccccc2)cc1. The van der Waals surface area contributed by atoms with Crippen LogP contribution in [0.5, 0.6) is 0 Å². The van der Waals surface area contributed by atoms with E-state index in [4.69, 9.17) is 4.74 Å². The maximum atomic E-state index is 12.9. The third-order valence-corrected chi connectivity index (χ3v) is 4.77. The third-order valence-electron chi connectivity index (χ3n) is 4.77. The number of carbonyl (C=O) groups is 1. The second-order valence-electron chi connectivity index (χ2n) is 6.98. The van der Waals surface area contributed by atoms with Gasteiger partial charge in [0.05, 0.1) is 0 Å². The number of methoxy groups -OCH3 is 1. The lowest BCUT2D eigenvalue weighted by atomic mass is 10.1. The molecule has 4 heteroatoms. The topological polar surface area (TPSA) is 41.6 Å². The zero-order valence-electron chi connectivity index (χ0n) is 16.9. The number of unbranched alkanes of at least 4 members (excludes halogenated alkanes) is 1. The minimum Gasteiger partial charge on any atom is -0.385 e. The van der Waals surface area contributed by atoms with Crippen LogP contribution in [-0.4, -0.2) is 31.2 Å². The fourth-order valence-electron chi connectivity index (χ4n) is 3.18. The van der Waals surface area contributed by atoms with Gasteiger partial charge >= 0.3 is 6.03 Å². The van der Waals surface area contributed by atoms with Crippen molar-refractivity contribution in [3.63, 3.8) is 0 Å². The van der Waals surface area contributed by atoms with E-state index in [1.54, 1.807) is 7.11 Å². The van der Waals surface area contributed by atoms with Crippen LogP contribution in [0, 0.1) is 0 Å². The van der Waals surface area contributed by atoms with E-state index in [-0.39, 0.29) is 6.03 Å². The van der Waals surface area contributed by atoms with E-state index in [1.165, 1.54) is 0 Å².